The van der Waals surface area contributed by atoms with Gasteiger partial charge in [-0.3, -0.25) is 9.59 Å². The molecule has 3 aromatic rings. The predicted molar refractivity (Wildman–Crippen MR) is 152 cm³/mol. The highest BCUT2D eigenvalue weighted by Gasteiger charge is 2.38. The first-order chi connectivity index (χ1) is 18.7. The molecule has 1 fully saturated rings. The average Bonchev–Trinajstić information content (AvgIpc) is 2.87. The summed E-state index contributed by atoms with van der Waals surface area (Å²) >= 11 is 0. The van der Waals surface area contributed by atoms with E-state index in [0.29, 0.717) is 16.5 Å². The first-order valence-electron chi connectivity index (χ1n) is 13.3. The summed E-state index contributed by atoms with van der Waals surface area (Å²) in [6.07, 6.45) is -0.400. The monoisotopic (exact) mass is 571 g/mol. The zero-order valence-electron chi connectivity index (χ0n) is 22.8. The highest BCUT2D eigenvalue weighted by atomic mass is 32.2. The van der Waals surface area contributed by atoms with Gasteiger partial charge in [-0.25, -0.2) is 21.9 Å². The molecule has 3 N–H and O–H groups in total. The van der Waals surface area contributed by atoms with Crippen molar-refractivity contribution in [1.29, 1.82) is 0 Å². The maximum atomic E-state index is 13.6. The average molecular weight is 572 g/mol. The minimum absolute atomic E-state index is 0.0572. The maximum absolute atomic E-state index is 13.6. The first kappa shape index (κ1) is 29.6. The molecule has 0 radical (unpaired) electrons. The van der Waals surface area contributed by atoms with Gasteiger partial charge in [0, 0.05) is 47.2 Å². The van der Waals surface area contributed by atoms with Gasteiger partial charge >= 0.3 is 0 Å². The molecule has 0 unspecified atom stereocenters. The zero-order chi connectivity index (χ0) is 29.1. The number of benzene rings is 3. The van der Waals surface area contributed by atoms with Crippen LogP contribution in [0, 0.1) is 5.92 Å². The molecule has 1 atom stereocenters. The number of hydrogen-bond donors (Lipinski definition) is 3. The van der Waals surface area contributed by atoms with Gasteiger partial charge in [0.2, 0.25) is 27.8 Å². The number of nitrogens with one attached hydrogen (secondary N) is 3. The van der Waals surface area contributed by atoms with E-state index >= 15 is 0 Å². The molecule has 0 heterocycles. The van der Waals surface area contributed by atoms with Crippen LogP contribution in [0.1, 0.15) is 52.0 Å². The smallest absolute Gasteiger partial charge is 0.248 e. The Morgan fingerprint density at radius 3 is 2.20 bits per heavy atom. The van der Waals surface area contributed by atoms with Crippen LogP contribution in [0.15, 0.2) is 71.6 Å². The van der Waals surface area contributed by atoms with Crippen molar-refractivity contribution >= 4 is 38.3 Å². The number of sulfonamides is 1. The molecule has 0 aliphatic heterocycles. The summed E-state index contributed by atoms with van der Waals surface area (Å²) in [4.78, 5) is 26.7. The van der Waals surface area contributed by atoms with E-state index < -0.39 is 45.3 Å². The molecule has 3 aromatic carbocycles. The summed E-state index contributed by atoms with van der Waals surface area (Å²) in [6.45, 7) is 5.25. The number of hydrogen-bond acceptors (Lipinski definition) is 4. The molecule has 2 amide bonds. The topological polar surface area (TPSA) is 104 Å². The Morgan fingerprint density at radius 1 is 0.925 bits per heavy atom. The number of anilines is 1. The van der Waals surface area contributed by atoms with Crippen LogP contribution < -0.4 is 15.4 Å². The van der Waals surface area contributed by atoms with Crippen LogP contribution in [-0.4, -0.2) is 37.7 Å². The number of rotatable bonds is 8. The lowest BCUT2D eigenvalue weighted by molar-refractivity contribution is -0.132. The molecule has 7 nitrogen and oxygen atoms in total. The van der Waals surface area contributed by atoms with Gasteiger partial charge in [0.1, 0.15) is 6.04 Å². The second-order valence-corrected chi connectivity index (χ2v) is 13.0. The number of halogens is 2. The van der Waals surface area contributed by atoms with Gasteiger partial charge in [0.05, 0.1) is 4.90 Å². The third kappa shape index (κ3) is 7.42. The SMILES string of the molecule is CC(C)(C)NS(=O)(=O)c1cccc2c(NC(=O)[C@H](Cc3ccccc3)NC(=O)C3CCC(F)(F)CC3)cccc12. The number of carbonyl (C=O) groups is 2. The molecule has 1 aliphatic rings. The van der Waals surface area contributed by atoms with Crippen LogP contribution >= 0.6 is 0 Å². The van der Waals surface area contributed by atoms with E-state index in [4.69, 9.17) is 0 Å². The van der Waals surface area contributed by atoms with Crippen molar-refractivity contribution in [2.24, 2.45) is 5.92 Å². The maximum Gasteiger partial charge on any atom is 0.248 e. The van der Waals surface area contributed by atoms with Crippen molar-refractivity contribution in [3.63, 3.8) is 0 Å². The van der Waals surface area contributed by atoms with Gasteiger partial charge in [0.25, 0.3) is 0 Å². The molecule has 10 heteroatoms. The van der Waals surface area contributed by atoms with Crippen molar-refractivity contribution in [2.75, 3.05) is 5.32 Å². The number of alkyl halides is 2. The van der Waals surface area contributed by atoms with Crippen LogP contribution in [0.5, 0.6) is 0 Å². The quantitative estimate of drug-likeness (QED) is 0.336. The van der Waals surface area contributed by atoms with Gasteiger partial charge < -0.3 is 10.6 Å². The van der Waals surface area contributed by atoms with Crippen molar-refractivity contribution in [3.8, 4) is 0 Å². The third-order valence-electron chi connectivity index (χ3n) is 6.87. The Labute approximate surface area is 233 Å². The molecule has 0 saturated heterocycles. The van der Waals surface area contributed by atoms with Crippen LogP contribution in [0.25, 0.3) is 10.8 Å². The molecule has 0 bridgehead atoms. The molecule has 1 saturated carbocycles. The molecule has 4 rings (SSSR count). The molecular weight excluding hydrogens is 536 g/mol. The fourth-order valence-electron chi connectivity index (χ4n) is 4.95. The normalized spacial score (nSPS) is 16.8. The summed E-state index contributed by atoms with van der Waals surface area (Å²) in [7, 11) is -3.86. The van der Waals surface area contributed by atoms with Crippen molar-refractivity contribution in [2.45, 2.75) is 75.3 Å². The van der Waals surface area contributed by atoms with E-state index in [1.54, 1.807) is 51.1 Å². The van der Waals surface area contributed by atoms with E-state index in [0.717, 1.165) is 5.56 Å². The molecular formula is C30H35F2N3O4S. The summed E-state index contributed by atoms with van der Waals surface area (Å²) in [5.74, 6) is -4.27. The fraction of sp³-hybridized carbons (Fsp3) is 0.400. The largest absolute Gasteiger partial charge is 0.344 e. The zero-order valence-corrected chi connectivity index (χ0v) is 23.7. The first-order valence-corrected chi connectivity index (χ1v) is 14.8. The molecule has 214 valence electrons. The molecule has 0 aromatic heterocycles. The number of amides is 2. The van der Waals surface area contributed by atoms with Gasteiger partial charge in [-0.05, 0) is 51.3 Å². The van der Waals surface area contributed by atoms with Crippen molar-refractivity contribution in [3.05, 3.63) is 72.3 Å². The molecule has 1 aliphatic carbocycles. The highest BCUT2D eigenvalue weighted by molar-refractivity contribution is 7.89. The predicted octanol–water partition coefficient (Wildman–Crippen LogP) is 5.41. The summed E-state index contributed by atoms with van der Waals surface area (Å²) in [6, 6.07) is 18.0. The Hall–Kier alpha value is -3.37. The number of carbonyl (C=O) groups excluding carboxylic acids is 2. The van der Waals surface area contributed by atoms with Crippen molar-refractivity contribution in [1.82, 2.24) is 10.0 Å². The Morgan fingerprint density at radius 2 is 1.55 bits per heavy atom. The second-order valence-electron chi connectivity index (χ2n) is 11.4. The Bertz CT molecular complexity index is 1480. The minimum atomic E-state index is -3.86. The van der Waals surface area contributed by atoms with Crippen LogP contribution in [0.3, 0.4) is 0 Å². The molecule has 0 spiro atoms. The van der Waals surface area contributed by atoms with E-state index in [-0.39, 0.29) is 37.0 Å². The third-order valence-corrected chi connectivity index (χ3v) is 8.69. The van der Waals surface area contributed by atoms with E-state index in [2.05, 4.69) is 15.4 Å². The standard InChI is InChI=1S/C30H35F2N3O4S/c1-29(2,3)35-40(38,39)26-14-8-11-22-23(26)12-7-13-24(22)33-28(37)25(19-20-9-5-4-6-10-20)34-27(36)21-15-17-30(31,32)18-16-21/h4-14,21,25,35H,15-19H2,1-3H3,(H,33,37)(H,34,36)/t25-/m0/s1. The van der Waals surface area contributed by atoms with Gasteiger partial charge in [0.15, 0.2) is 0 Å². The summed E-state index contributed by atoms with van der Waals surface area (Å²) in [5, 5.41) is 6.61. The Kier molecular flexibility index (Phi) is 8.60. The Balaban J connectivity index is 1.60. The summed E-state index contributed by atoms with van der Waals surface area (Å²) in [5.41, 5.74) is 0.516. The number of fused-ring (bicyclic) bond motifs is 1. The van der Waals surface area contributed by atoms with Gasteiger partial charge in [-0.1, -0.05) is 54.6 Å². The highest BCUT2D eigenvalue weighted by Crippen LogP contribution is 2.36. The van der Waals surface area contributed by atoms with E-state index in [9.17, 15) is 26.8 Å². The van der Waals surface area contributed by atoms with Crippen LogP contribution in [0.4, 0.5) is 14.5 Å². The van der Waals surface area contributed by atoms with Gasteiger partial charge in [-0.2, -0.15) is 0 Å². The second kappa shape index (κ2) is 11.6. The lowest BCUT2D eigenvalue weighted by Crippen LogP contribution is -2.48. The van der Waals surface area contributed by atoms with Crippen LogP contribution in [-0.2, 0) is 26.0 Å². The lowest BCUT2D eigenvalue weighted by Gasteiger charge is -2.29. The van der Waals surface area contributed by atoms with Crippen LogP contribution in [0.2, 0.25) is 0 Å². The van der Waals surface area contributed by atoms with E-state index in [1.165, 1.54) is 6.07 Å². The molecule has 40 heavy (non-hydrogen) atoms. The summed E-state index contributed by atoms with van der Waals surface area (Å²) < 4.78 is 56.2. The lowest BCUT2D eigenvalue weighted by atomic mass is 9.86. The van der Waals surface area contributed by atoms with E-state index in [1.807, 2.05) is 30.3 Å². The minimum Gasteiger partial charge on any atom is -0.344 e. The van der Waals surface area contributed by atoms with Crippen molar-refractivity contribution < 1.29 is 26.8 Å². The fourth-order valence-corrected chi connectivity index (χ4v) is 6.59. The van der Waals surface area contributed by atoms with Gasteiger partial charge in [-0.15, -0.1) is 0 Å².